The molecular weight excluding hydrogens is 188 g/mol. The Morgan fingerprint density at radius 3 is 2.73 bits per heavy atom. The lowest BCUT2D eigenvalue weighted by atomic mass is 9.84. The molecule has 0 aromatic rings. The molecule has 0 amide bonds. The smallest absolute Gasteiger partial charge is 0.0672 e. The maximum absolute atomic E-state index is 9.12. The zero-order valence-electron chi connectivity index (χ0n) is 9.91. The molecule has 0 aliphatic heterocycles. The molecule has 0 aromatic carbocycles. The maximum atomic E-state index is 9.12. The molecule has 0 aromatic heterocycles. The summed E-state index contributed by atoms with van der Waals surface area (Å²) in [6.45, 7) is 4.91. The van der Waals surface area contributed by atoms with Crippen molar-refractivity contribution in [2.75, 3.05) is 26.8 Å². The summed E-state index contributed by atoms with van der Waals surface area (Å²) < 4.78 is 5.11. The molecule has 1 aliphatic carbocycles. The van der Waals surface area contributed by atoms with Gasteiger partial charge in [-0.05, 0) is 19.4 Å². The summed E-state index contributed by atoms with van der Waals surface area (Å²) in [5, 5.41) is 9.12. The van der Waals surface area contributed by atoms with E-state index in [1.807, 2.05) is 0 Å². The third-order valence-electron chi connectivity index (χ3n) is 3.35. The second-order valence-electron chi connectivity index (χ2n) is 4.21. The number of nitrogens with zero attached hydrogens (tertiary/aromatic N) is 2. The van der Waals surface area contributed by atoms with Gasteiger partial charge in [-0.15, -0.1) is 0 Å². The fourth-order valence-electron chi connectivity index (χ4n) is 2.47. The van der Waals surface area contributed by atoms with E-state index in [4.69, 9.17) is 10.00 Å². The molecule has 0 bridgehead atoms. The number of hydrogen-bond acceptors (Lipinski definition) is 3. The number of hydrogen-bond donors (Lipinski definition) is 0. The highest BCUT2D eigenvalue weighted by molar-refractivity contribution is 4.95. The Bertz CT molecular complexity index is 212. The summed E-state index contributed by atoms with van der Waals surface area (Å²) in [6, 6.07) is 2.92. The Labute approximate surface area is 93.0 Å². The third-order valence-corrected chi connectivity index (χ3v) is 3.35. The number of ether oxygens (including phenoxy) is 1. The van der Waals surface area contributed by atoms with Gasteiger partial charge in [0.25, 0.3) is 0 Å². The van der Waals surface area contributed by atoms with Gasteiger partial charge in [0, 0.05) is 19.7 Å². The minimum atomic E-state index is 0.232. The number of nitriles is 1. The van der Waals surface area contributed by atoms with Crippen LogP contribution in [0.15, 0.2) is 0 Å². The van der Waals surface area contributed by atoms with E-state index in [1.54, 1.807) is 7.11 Å². The van der Waals surface area contributed by atoms with Crippen molar-refractivity contribution < 1.29 is 4.74 Å². The Balaban J connectivity index is 2.52. The van der Waals surface area contributed by atoms with E-state index in [2.05, 4.69) is 17.9 Å². The fourth-order valence-corrected chi connectivity index (χ4v) is 2.47. The van der Waals surface area contributed by atoms with Crippen molar-refractivity contribution in [3.05, 3.63) is 0 Å². The SMILES string of the molecule is CCN(CCOC)C1CCCCC1C#N. The highest BCUT2D eigenvalue weighted by Crippen LogP contribution is 2.27. The van der Waals surface area contributed by atoms with Crippen LogP contribution >= 0.6 is 0 Å². The van der Waals surface area contributed by atoms with Crippen molar-refractivity contribution in [1.29, 1.82) is 5.26 Å². The van der Waals surface area contributed by atoms with Crippen LogP contribution in [0.5, 0.6) is 0 Å². The first-order valence-corrected chi connectivity index (χ1v) is 5.96. The predicted octanol–water partition coefficient (Wildman–Crippen LogP) is 2.04. The van der Waals surface area contributed by atoms with Crippen molar-refractivity contribution in [2.24, 2.45) is 5.92 Å². The van der Waals surface area contributed by atoms with Crippen LogP contribution in [0.3, 0.4) is 0 Å². The molecule has 2 atom stereocenters. The molecule has 2 unspecified atom stereocenters. The third kappa shape index (κ3) is 3.48. The molecule has 0 spiro atoms. The van der Waals surface area contributed by atoms with Gasteiger partial charge < -0.3 is 4.74 Å². The van der Waals surface area contributed by atoms with Crippen molar-refractivity contribution in [1.82, 2.24) is 4.90 Å². The second-order valence-corrected chi connectivity index (χ2v) is 4.21. The highest BCUT2D eigenvalue weighted by atomic mass is 16.5. The van der Waals surface area contributed by atoms with Crippen LogP contribution in [-0.4, -0.2) is 37.7 Å². The summed E-state index contributed by atoms with van der Waals surface area (Å²) in [5.41, 5.74) is 0. The molecule has 0 radical (unpaired) electrons. The van der Waals surface area contributed by atoms with E-state index in [0.29, 0.717) is 6.04 Å². The molecule has 1 fully saturated rings. The van der Waals surface area contributed by atoms with Crippen molar-refractivity contribution >= 4 is 0 Å². The molecule has 0 heterocycles. The van der Waals surface area contributed by atoms with Crippen molar-refractivity contribution in [3.63, 3.8) is 0 Å². The van der Waals surface area contributed by atoms with Gasteiger partial charge in [0.05, 0.1) is 18.6 Å². The minimum absolute atomic E-state index is 0.232. The van der Waals surface area contributed by atoms with E-state index in [1.165, 1.54) is 19.3 Å². The van der Waals surface area contributed by atoms with Gasteiger partial charge >= 0.3 is 0 Å². The summed E-state index contributed by atoms with van der Waals surface area (Å²) in [6.07, 6.45) is 4.74. The molecule has 0 saturated heterocycles. The van der Waals surface area contributed by atoms with Gasteiger partial charge in [0.1, 0.15) is 0 Å². The quantitative estimate of drug-likeness (QED) is 0.696. The van der Waals surface area contributed by atoms with Crippen molar-refractivity contribution in [2.45, 2.75) is 38.6 Å². The normalized spacial score (nSPS) is 26.5. The van der Waals surface area contributed by atoms with Crippen molar-refractivity contribution in [3.8, 4) is 6.07 Å². The average molecular weight is 210 g/mol. The molecule has 15 heavy (non-hydrogen) atoms. The fraction of sp³-hybridized carbons (Fsp3) is 0.917. The van der Waals surface area contributed by atoms with Gasteiger partial charge in [0.2, 0.25) is 0 Å². The lowest BCUT2D eigenvalue weighted by molar-refractivity contribution is 0.0902. The Morgan fingerprint density at radius 1 is 1.40 bits per heavy atom. The number of methoxy groups -OCH3 is 1. The molecular formula is C12H22N2O. The van der Waals surface area contributed by atoms with Gasteiger partial charge in [-0.2, -0.15) is 5.26 Å². The zero-order chi connectivity index (χ0) is 11.1. The van der Waals surface area contributed by atoms with Crippen LogP contribution in [0.25, 0.3) is 0 Å². The summed E-state index contributed by atoms with van der Waals surface area (Å²) in [4.78, 5) is 2.40. The van der Waals surface area contributed by atoms with Gasteiger partial charge in [-0.1, -0.05) is 19.8 Å². The Hall–Kier alpha value is -0.590. The van der Waals surface area contributed by atoms with Crippen LogP contribution in [0.2, 0.25) is 0 Å². The summed E-state index contributed by atoms with van der Waals surface area (Å²) in [5.74, 6) is 0.232. The van der Waals surface area contributed by atoms with Gasteiger partial charge in [0.15, 0.2) is 0 Å². The van der Waals surface area contributed by atoms with E-state index in [9.17, 15) is 0 Å². The lowest BCUT2D eigenvalue weighted by Gasteiger charge is -2.36. The maximum Gasteiger partial charge on any atom is 0.0672 e. The van der Waals surface area contributed by atoms with E-state index in [0.717, 1.165) is 26.1 Å². The Morgan fingerprint density at radius 2 is 2.13 bits per heavy atom. The molecule has 3 heteroatoms. The van der Waals surface area contributed by atoms with Crippen LogP contribution < -0.4 is 0 Å². The van der Waals surface area contributed by atoms with Crippen LogP contribution in [-0.2, 0) is 4.74 Å². The minimum Gasteiger partial charge on any atom is -0.383 e. The molecule has 1 aliphatic rings. The van der Waals surface area contributed by atoms with E-state index >= 15 is 0 Å². The van der Waals surface area contributed by atoms with Crippen LogP contribution in [0, 0.1) is 17.2 Å². The molecule has 0 N–H and O–H groups in total. The molecule has 86 valence electrons. The zero-order valence-corrected chi connectivity index (χ0v) is 9.91. The lowest BCUT2D eigenvalue weighted by Crippen LogP contribution is -2.43. The second kappa shape index (κ2) is 6.81. The Kier molecular flexibility index (Phi) is 5.67. The van der Waals surface area contributed by atoms with Crippen LogP contribution in [0.1, 0.15) is 32.6 Å². The largest absolute Gasteiger partial charge is 0.383 e. The first-order chi connectivity index (χ1) is 7.33. The predicted molar refractivity (Wildman–Crippen MR) is 60.5 cm³/mol. The summed E-state index contributed by atoms with van der Waals surface area (Å²) in [7, 11) is 1.73. The monoisotopic (exact) mass is 210 g/mol. The standard InChI is InChI=1S/C12H22N2O/c1-3-14(8-9-15-2)12-7-5-4-6-11(12)10-13/h11-12H,3-9H2,1-2H3. The topological polar surface area (TPSA) is 36.3 Å². The van der Waals surface area contributed by atoms with Gasteiger partial charge in [-0.25, -0.2) is 0 Å². The average Bonchev–Trinajstić information content (AvgIpc) is 2.30. The molecule has 1 rings (SSSR count). The first kappa shape index (κ1) is 12.5. The first-order valence-electron chi connectivity index (χ1n) is 5.96. The summed E-state index contributed by atoms with van der Waals surface area (Å²) >= 11 is 0. The number of rotatable bonds is 5. The highest BCUT2D eigenvalue weighted by Gasteiger charge is 2.28. The molecule has 1 saturated carbocycles. The number of likely N-dealkylation sites (N-methyl/N-ethyl adjacent to an activating group) is 1. The van der Waals surface area contributed by atoms with Crippen LogP contribution in [0.4, 0.5) is 0 Å². The van der Waals surface area contributed by atoms with E-state index < -0.39 is 0 Å². The molecule has 3 nitrogen and oxygen atoms in total. The van der Waals surface area contributed by atoms with E-state index in [-0.39, 0.29) is 5.92 Å². The van der Waals surface area contributed by atoms with Gasteiger partial charge in [-0.3, -0.25) is 4.90 Å².